The summed E-state index contributed by atoms with van der Waals surface area (Å²) in [5, 5.41) is 4.41. The van der Waals surface area contributed by atoms with Gasteiger partial charge < -0.3 is 5.32 Å². The summed E-state index contributed by atoms with van der Waals surface area (Å²) in [7, 11) is 0. The van der Waals surface area contributed by atoms with E-state index in [0.717, 1.165) is 36.6 Å². The minimum atomic E-state index is -0.213. The molecule has 1 unspecified atom stereocenters. The molecule has 160 valence electrons. The average Bonchev–Trinajstić information content (AvgIpc) is 3.33. The fourth-order valence-corrected chi connectivity index (χ4v) is 5.84. The van der Waals surface area contributed by atoms with E-state index in [-0.39, 0.29) is 17.6 Å². The Labute approximate surface area is 186 Å². The number of carbonyl (C=O) groups excluding carboxylic acids is 1. The van der Waals surface area contributed by atoms with Crippen LogP contribution in [-0.2, 0) is 4.79 Å². The zero-order valence-corrected chi connectivity index (χ0v) is 18.1. The number of halogens is 2. The number of nitrogens with zero attached hydrogens (tertiary/aromatic N) is 2. The normalized spacial score (nSPS) is 26.0. The predicted octanol–water partition coefficient (Wildman–Crippen LogP) is 6.22. The summed E-state index contributed by atoms with van der Waals surface area (Å²) in [6.45, 7) is 2.02. The van der Waals surface area contributed by atoms with E-state index in [1.54, 1.807) is 24.3 Å². The zero-order chi connectivity index (χ0) is 21.5. The van der Waals surface area contributed by atoms with E-state index in [9.17, 15) is 9.18 Å². The lowest BCUT2D eigenvalue weighted by atomic mass is 9.86. The Balaban J connectivity index is 1.24. The van der Waals surface area contributed by atoms with Crippen molar-refractivity contribution in [2.45, 2.75) is 38.5 Å². The standard InChI is InChI=1S/C25H25ClFN3O/c1-14(25(31)30-24-5-2-19(26)13-29-24)15-8-16-10-18(11-17(16)9-15)21-6-7-28-23-4-3-20(27)12-22(21)23/h2-7,12-18H,8-11H2,1H3,(H,29,30,31)/t14-,15-,16-,17+,18?/m0/s1. The molecule has 0 spiro atoms. The Morgan fingerprint density at radius 1 is 1.10 bits per heavy atom. The molecular formula is C25H25ClFN3O. The fourth-order valence-electron chi connectivity index (χ4n) is 5.73. The molecule has 1 amide bonds. The van der Waals surface area contributed by atoms with E-state index in [0.29, 0.717) is 34.5 Å². The second-order valence-corrected chi connectivity index (χ2v) is 9.56. The van der Waals surface area contributed by atoms with Crippen LogP contribution in [0, 0.1) is 29.5 Å². The molecule has 1 N–H and O–H groups in total. The number of anilines is 1. The lowest BCUT2D eigenvalue weighted by molar-refractivity contribution is -0.120. The molecule has 0 radical (unpaired) electrons. The summed E-state index contributed by atoms with van der Waals surface area (Å²) < 4.78 is 13.8. The molecule has 4 nitrogen and oxygen atoms in total. The molecule has 2 saturated carbocycles. The predicted molar refractivity (Wildman–Crippen MR) is 120 cm³/mol. The number of rotatable bonds is 4. The molecule has 2 aromatic heterocycles. The summed E-state index contributed by atoms with van der Waals surface area (Å²) in [6, 6.07) is 10.4. The largest absolute Gasteiger partial charge is 0.310 e. The maximum Gasteiger partial charge on any atom is 0.228 e. The van der Waals surface area contributed by atoms with Gasteiger partial charge in [0.05, 0.1) is 10.5 Å². The van der Waals surface area contributed by atoms with Crippen LogP contribution in [-0.4, -0.2) is 15.9 Å². The van der Waals surface area contributed by atoms with Gasteiger partial charge >= 0.3 is 0 Å². The van der Waals surface area contributed by atoms with Crippen LogP contribution in [0.15, 0.2) is 48.8 Å². The number of benzene rings is 1. The molecule has 0 saturated heterocycles. The number of fused-ring (bicyclic) bond motifs is 2. The van der Waals surface area contributed by atoms with Crippen molar-refractivity contribution >= 4 is 34.2 Å². The monoisotopic (exact) mass is 437 g/mol. The first kappa shape index (κ1) is 20.4. The molecule has 6 heteroatoms. The molecule has 1 aromatic carbocycles. The number of nitrogens with one attached hydrogen (secondary N) is 1. The molecule has 2 aliphatic carbocycles. The average molecular weight is 438 g/mol. The minimum Gasteiger partial charge on any atom is -0.310 e. The molecule has 2 fully saturated rings. The maximum absolute atomic E-state index is 13.8. The fraction of sp³-hybridized carbons (Fsp3) is 0.400. The lowest BCUT2D eigenvalue weighted by Gasteiger charge is -2.21. The third-order valence-corrected chi connectivity index (χ3v) is 7.55. The van der Waals surface area contributed by atoms with Gasteiger partial charge in [-0.15, -0.1) is 0 Å². The van der Waals surface area contributed by atoms with Crippen molar-refractivity contribution in [2.24, 2.45) is 23.7 Å². The van der Waals surface area contributed by atoms with Crippen molar-refractivity contribution in [1.29, 1.82) is 0 Å². The number of aromatic nitrogens is 2. The molecule has 2 aliphatic rings. The first-order chi connectivity index (χ1) is 15.0. The van der Waals surface area contributed by atoms with E-state index in [2.05, 4.69) is 21.4 Å². The van der Waals surface area contributed by atoms with E-state index in [1.165, 1.54) is 17.8 Å². The highest BCUT2D eigenvalue weighted by Crippen LogP contribution is 2.54. The van der Waals surface area contributed by atoms with Crippen LogP contribution in [0.4, 0.5) is 10.2 Å². The van der Waals surface area contributed by atoms with Crippen LogP contribution < -0.4 is 5.32 Å². The van der Waals surface area contributed by atoms with Crippen LogP contribution in [0.2, 0.25) is 5.02 Å². The second-order valence-electron chi connectivity index (χ2n) is 9.12. The van der Waals surface area contributed by atoms with Crippen LogP contribution in [0.3, 0.4) is 0 Å². The van der Waals surface area contributed by atoms with Gasteiger partial charge in [0.15, 0.2) is 0 Å². The van der Waals surface area contributed by atoms with Gasteiger partial charge in [0.1, 0.15) is 11.6 Å². The highest BCUT2D eigenvalue weighted by molar-refractivity contribution is 6.30. The van der Waals surface area contributed by atoms with Gasteiger partial charge in [0.2, 0.25) is 5.91 Å². The van der Waals surface area contributed by atoms with E-state index >= 15 is 0 Å². The number of pyridine rings is 2. The summed E-state index contributed by atoms with van der Waals surface area (Å²) in [4.78, 5) is 21.3. The molecule has 31 heavy (non-hydrogen) atoms. The minimum absolute atomic E-state index is 0.0203. The summed E-state index contributed by atoms with van der Waals surface area (Å²) >= 11 is 5.87. The number of hydrogen-bond acceptors (Lipinski definition) is 3. The Morgan fingerprint density at radius 2 is 1.87 bits per heavy atom. The highest BCUT2D eigenvalue weighted by Gasteiger charge is 2.44. The molecular weight excluding hydrogens is 413 g/mol. The third kappa shape index (κ3) is 4.03. The number of amides is 1. The Bertz CT molecular complexity index is 1110. The Hall–Kier alpha value is -2.53. The van der Waals surface area contributed by atoms with E-state index in [1.807, 2.05) is 13.1 Å². The van der Waals surface area contributed by atoms with E-state index in [4.69, 9.17) is 11.6 Å². The quantitative estimate of drug-likeness (QED) is 0.527. The Morgan fingerprint density at radius 3 is 2.58 bits per heavy atom. The van der Waals surface area contributed by atoms with Crippen molar-refractivity contribution in [3.05, 3.63) is 65.2 Å². The van der Waals surface area contributed by atoms with Gasteiger partial charge in [0.25, 0.3) is 0 Å². The molecule has 0 bridgehead atoms. The molecule has 5 rings (SSSR count). The van der Waals surface area contributed by atoms with Crippen molar-refractivity contribution in [3.63, 3.8) is 0 Å². The number of hydrogen-bond donors (Lipinski definition) is 1. The van der Waals surface area contributed by atoms with Crippen LogP contribution in [0.1, 0.15) is 44.1 Å². The van der Waals surface area contributed by atoms with Gasteiger partial charge in [-0.05, 0) is 91.3 Å². The maximum atomic E-state index is 13.8. The zero-order valence-electron chi connectivity index (χ0n) is 17.4. The summed E-state index contributed by atoms with van der Waals surface area (Å²) in [5.41, 5.74) is 2.07. The van der Waals surface area contributed by atoms with Crippen molar-refractivity contribution in [3.8, 4) is 0 Å². The smallest absolute Gasteiger partial charge is 0.228 e. The summed E-state index contributed by atoms with van der Waals surface area (Å²) in [6.07, 6.45) is 7.72. The van der Waals surface area contributed by atoms with Gasteiger partial charge in [0, 0.05) is 23.7 Å². The SMILES string of the molecule is C[C@H](C(=O)Nc1ccc(Cl)cn1)[C@H]1C[C@H]2CC(c3ccnc4ccc(F)cc34)C[C@H]2C1. The molecule has 5 atom stereocenters. The topological polar surface area (TPSA) is 54.9 Å². The van der Waals surface area contributed by atoms with Crippen molar-refractivity contribution in [1.82, 2.24) is 9.97 Å². The van der Waals surface area contributed by atoms with E-state index < -0.39 is 0 Å². The second kappa shape index (κ2) is 8.19. The van der Waals surface area contributed by atoms with Gasteiger partial charge in [-0.2, -0.15) is 0 Å². The number of carbonyl (C=O) groups is 1. The molecule has 3 aromatic rings. The van der Waals surface area contributed by atoms with Crippen LogP contribution >= 0.6 is 11.6 Å². The van der Waals surface area contributed by atoms with Gasteiger partial charge in [-0.3, -0.25) is 9.78 Å². The molecule has 2 heterocycles. The van der Waals surface area contributed by atoms with Crippen molar-refractivity contribution in [2.75, 3.05) is 5.32 Å². The highest BCUT2D eigenvalue weighted by atomic mass is 35.5. The van der Waals surface area contributed by atoms with Gasteiger partial charge in [-0.1, -0.05) is 18.5 Å². The first-order valence-corrected chi connectivity index (χ1v) is 11.3. The third-order valence-electron chi connectivity index (χ3n) is 7.33. The lowest BCUT2D eigenvalue weighted by Crippen LogP contribution is -2.26. The van der Waals surface area contributed by atoms with Gasteiger partial charge in [-0.25, -0.2) is 9.37 Å². The first-order valence-electron chi connectivity index (χ1n) is 10.9. The van der Waals surface area contributed by atoms with Crippen LogP contribution in [0.5, 0.6) is 0 Å². The van der Waals surface area contributed by atoms with Crippen molar-refractivity contribution < 1.29 is 9.18 Å². The van der Waals surface area contributed by atoms with Crippen LogP contribution in [0.25, 0.3) is 10.9 Å². The Kier molecular flexibility index (Phi) is 5.39. The molecule has 0 aliphatic heterocycles. The summed E-state index contributed by atoms with van der Waals surface area (Å²) in [5.74, 6) is 2.35.